The van der Waals surface area contributed by atoms with Crippen LogP contribution in [0.4, 0.5) is 5.69 Å². The molecule has 3 rings (SSSR count). The number of amides is 1. The van der Waals surface area contributed by atoms with E-state index in [4.69, 9.17) is 0 Å². The monoisotopic (exact) mass is 337 g/mol. The fourth-order valence-electron chi connectivity index (χ4n) is 2.96. The van der Waals surface area contributed by atoms with E-state index in [1.807, 2.05) is 0 Å². The Morgan fingerprint density at radius 2 is 2.10 bits per heavy atom. The second kappa shape index (κ2) is 6.14. The van der Waals surface area contributed by atoms with Gasteiger partial charge >= 0.3 is 0 Å². The lowest BCUT2D eigenvalue weighted by Gasteiger charge is -2.20. The van der Waals surface area contributed by atoms with Gasteiger partial charge in [0.25, 0.3) is 0 Å². The summed E-state index contributed by atoms with van der Waals surface area (Å²) >= 11 is 3.45. The van der Waals surface area contributed by atoms with E-state index in [-0.39, 0.29) is 17.9 Å². The number of carbonyl (C=O) groups is 1. The number of nitrogens with zero attached hydrogens (tertiary/aromatic N) is 1. The van der Waals surface area contributed by atoms with Crippen LogP contribution >= 0.6 is 15.9 Å². The van der Waals surface area contributed by atoms with Crippen molar-refractivity contribution < 1.29 is 4.79 Å². The molecular weight excluding hydrogens is 318 g/mol. The molecule has 5 heteroatoms. The quantitative estimate of drug-likeness (QED) is 0.883. The van der Waals surface area contributed by atoms with Gasteiger partial charge in [0, 0.05) is 35.8 Å². The highest BCUT2D eigenvalue weighted by Crippen LogP contribution is 2.22. The van der Waals surface area contributed by atoms with Crippen LogP contribution in [0.2, 0.25) is 0 Å². The lowest BCUT2D eigenvalue weighted by Crippen LogP contribution is -2.41. The van der Waals surface area contributed by atoms with Crippen molar-refractivity contribution in [1.29, 1.82) is 0 Å². The fourth-order valence-corrected chi connectivity index (χ4v) is 3.23. The first-order chi connectivity index (χ1) is 9.72. The SMILES string of the molecule is O=C(NC1CCN(c2ccc(Br)cc2)C1)C1CCNC1. The minimum atomic E-state index is 0.164. The normalized spacial score (nSPS) is 25.9. The van der Waals surface area contributed by atoms with Crippen molar-refractivity contribution in [2.45, 2.75) is 18.9 Å². The smallest absolute Gasteiger partial charge is 0.224 e. The zero-order chi connectivity index (χ0) is 13.9. The van der Waals surface area contributed by atoms with E-state index in [1.165, 1.54) is 5.69 Å². The Hall–Kier alpha value is -1.07. The Morgan fingerprint density at radius 1 is 1.30 bits per heavy atom. The molecule has 0 aliphatic carbocycles. The zero-order valence-corrected chi connectivity index (χ0v) is 13.0. The minimum absolute atomic E-state index is 0.164. The van der Waals surface area contributed by atoms with Crippen LogP contribution in [-0.4, -0.2) is 38.1 Å². The van der Waals surface area contributed by atoms with Gasteiger partial charge in [-0.15, -0.1) is 0 Å². The molecule has 0 aromatic heterocycles. The molecule has 1 aromatic carbocycles. The predicted molar refractivity (Wildman–Crippen MR) is 83.9 cm³/mol. The number of anilines is 1. The molecule has 0 bridgehead atoms. The number of hydrogen-bond acceptors (Lipinski definition) is 3. The number of carbonyl (C=O) groups excluding carboxylic acids is 1. The van der Waals surface area contributed by atoms with Gasteiger partial charge in [-0.3, -0.25) is 4.79 Å². The molecule has 2 N–H and O–H groups in total. The van der Waals surface area contributed by atoms with Crippen LogP contribution in [0.25, 0.3) is 0 Å². The summed E-state index contributed by atoms with van der Waals surface area (Å²) in [5, 5.41) is 6.44. The summed E-state index contributed by atoms with van der Waals surface area (Å²) in [4.78, 5) is 14.5. The van der Waals surface area contributed by atoms with Crippen molar-refractivity contribution in [2.24, 2.45) is 5.92 Å². The second-order valence-corrected chi connectivity index (χ2v) is 6.52. The van der Waals surface area contributed by atoms with E-state index in [9.17, 15) is 4.79 Å². The van der Waals surface area contributed by atoms with Crippen LogP contribution in [0.15, 0.2) is 28.7 Å². The largest absolute Gasteiger partial charge is 0.369 e. The van der Waals surface area contributed by atoms with Gasteiger partial charge in [-0.25, -0.2) is 0 Å². The van der Waals surface area contributed by atoms with Gasteiger partial charge in [0.15, 0.2) is 0 Å². The molecule has 2 saturated heterocycles. The molecular formula is C15H20BrN3O. The van der Waals surface area contributed by atoms with E-state index in [2.05, 4.69) is 55.7 Å². The van der Waals surface area contributed by atoms with Crippen molar-refractivity contribution in [2.75, 3.05) is 31.1 Å². The Morgan fingerprint density at radius 3 is 2.80 bits per heavy atom. The van der Waals surface area contributed by atoms with Gasteiger partial charge in [0.1, 0.15) is 0 Å². The molecule has 4 nitrogen and oxygen atoms in total. The highest BCUT2D eigenvalue weighted by molar-refractivity contribution is 9.10. The van der Waals surface area contributed by atoms with Crippen molar-refractivity contribution in [3.63, 3.8) is 0 Å². The van der Waals surface area contributed by atoms with E-state index < -0.39 is 0 Å². The number of halogens is 1. The summed E-state index contributed by atoms with van der Waals surface area (Å²) in [6.45, 7) is 3.71. The molecule has 2 fully saturated rings. The standard InChI is InChI=1S/C15H20BrN3O/c16-12-1-3-14(4-2-12)19-8-6-13(10-19)18-15(20)11-5-7-17-9-11/h1-4,11,13,17H,5-10H2,(H,18,20). The molecule has 108 valence electrons. The average molecular weight is 338 g/mol. The van der Waals surface area contributed by atoms with Gasteiger partial charge in [-0.05, 0) is 43.7 Å². The summed E-state index contributed by atoms with van der Waals surface area (Å²) in [6.07, 6.45) is 2.00. The number of nitrogens with one attached hydrogen (secondary N) is 2. The molecule has 2 atom stereocenters. The molecule has 2 aliphatic rings. The van der Waals surface area contributed by atoms with Gasteiger partial charge in [-0.2, -0.15) is 0 Å². The highest BCUT2D eigenvalue weighted by Gasteiger charge is 2.28. The summed E-state index contributed by atoms with van der Waals surface area (Å²) in [6, 6.07) is 8.65. The molecule has 20 heavy (non-hydrogen) atoms. The first-order valence-electron chi connectivity index (χ1n) is 7.24. The van der Waals surface area contributed by atoms with Crippen LogP contribution in [0.5, 0.6) is 0 Å². The van der Waals surface area contributed by atoms with Crippen LogP contribution in [-0.2, 0) is 4.79 Å². The maximum absolute atomic E-state index is 12.1. The predicted octanol–water partition coefficient (Wildman–Crippen LogP) is 1.75. The minimum Gasteiger partial charge on any atom is -0.369 e. The highest BCUT2D eigenvalue weighted by atomic mass is 79.9. The third-order valence-corrected chi connectivity index (χ3v) is 4.69. The Bertz CT molecular complexity index is 471. The zero-order valence-electron chi connectivity index (χ0n) is 11.4. The maximum atomic E-state index is 12.1. The summed E-state index contributed by atoms with van der Waals surface area (Å²) in [7, 11) is 0. The maximum Gasteiger partial charge on any atom is 0.224 e. The number of hydrogen-bond donors (Lipinski definition) is 2. The van der Waals surface area contributed by atoms with E-state index in [1.54, 1.807) is 0 Å². The number of benzene rings is 1. The molecule has 2 aliphatic heterocycles. The lowest BCUT2D eigenvalue weighted by molar-refractivity contribution is -0.125. The Kier molecular flexibility index (Phi) is 4.27. The summed E-state index contributed by atoms with van der Waals surface area (Å²) < 4.78 is 1.10. The molecule has 2 unspecified atom stereocenters. The summed E-state index contributed by atoms with van der Waals surface area (Å²) in [5.41, 5.74) is 1.23. The molecule has 1 amide bonds. The van der Waals surface area contributed by atoms with Crippen LogP contribution < -0.4 is 15.5 Å². The van der Waals surface area contributed by atoms with E-state index >= 15 is 0 Å². The Labute approximate surface area is 128 Å². The van der Waals surface area contributed by atoms with Crippen LogP contribution in [0.3, 0.4) is 0 Å². The number of rotatable bonds is 3. The van der Waals surface area contributed by atoms with Gasteiger partial charge in [0.2, 0.25) is 5.91 Å². The second-order valence-electron chi connectivity index (χ2n) is 5.61. The molecule has 0 radical (unpaired) electrons. The molecule has 0 saturated carbocycles. The van der Waals surface area contributed by atoms with Crippen molar-refractivity contribution in [3.8, 4) is 0 Å². The topological polar surface area (TPSA) is 44.4 Å². The summed E-state index contributed by atoms with van der Waals surface area (Å²) in [5.74, 6) is 0.384. The molecule has 2 heterocycles. The Balaban J connectivity index is 1.54. The van der Waals surface area contributed by atoms with Crippen molar-refractivity contribution in [3.05, 3.63) is 28.7 Å². The fraction of sp³-hybridized carbons (Fsp3) is 0.533. The van der Waals surface area contributed by atoms with Crippen LogP contribution in [0.1, 0.15) is 12.8 Å². The van der Waals surface area contributed by atoms with Gasteiger partial charge in [-0.1, -0.05) is 15.9 Å². The molecule has 1 aromatic rings. The average Bonchev–Trinajstić information content (AvgIpc) is 3.10. The molecule has 0 spiro atoms. The third kappa shape index (κ3) is 3.15. The first-order valence-corrected chi connectivity index (χ1v) is 8.03. The third-order valence-electron chi connectivity index (χ3n) is 4.16. The van der Waals surface area contributed by atoms with Gasteiger partial charge in [0.05, 0.1) is 5.92 Å². The van der Waals surface area contributed by atoms with Crippen molar-refractivity contribution >= 4 is 27.5 Å². The van der Waals surface area contributed by atoms with E-state index in [0.717, 1.165) is 43.5 Å². The lowest BCUT2D eigenvalue weighted by atomic mass is 10.1. The van der Waals surface area contributed by atoms with Crippen molar-refractivity contribution in [1.82, 2.24) is 10.6 Å². The van der Waals surface area contributed by atoms with Gasteiger partial charge < -0.3 is 15.5 Å². The first kappa shape index (κ1) is 13.9. The van der Waals surface area contributed by atoms with Crippen LogP contribution in [0, 0.1) is 5.92 Å². The van der Waals surface area contributed by atoms with E-state index in [0.29, 0.717) is 0 Å².